The molecule has 2 rings (SSSR count). The van der Waals surface area contributed by atoms with Crippen LogP contribution in [0.5, 0.6) is 0 Å². The maximum absolute atomic E-state index is 13.0. The fourth-order valence-corrected chi connectivity index (χ4v) is 2.30. The number of anilines is 1. The zero-order chi connectivity index (χ0) is 14.4. The third-order valence-electron chi connectivity index (χ3n) is 3.25. The molecule has 0 unspecified atom stereocenters. The summed E-state index contributed by atoms with van der Waals surface area (Å²) < 4.78 is 18.3. The number of hydrogen-bond acceptors (Lipinski definition) is 3. The lowest BCUT2D eigenvalue weighted by atomic mass is 10.2. The second kappa shape index (κ2) is 7.52. The van der Waals surface area contributed by atoms with Crippen LogP contribution in [0.3, 0.4) is 0 Å². The van der Waals surface area contributed by atoms with Crippen LogP contribution in [0.1, 0.15) is 5.56 Å². The first-order chi connectivity index (χ1) is 9.65. The highest BCUT2D eigenvalue weighted by atomic mass is 32.1. The molecule has 0 atom stereocenters. The molecule has 110 valence electrons. The third-order valence-corrected chi connectivity index (χ3v) is 3.50. The minimum absolute atomic E-state index is 0.237. The Kier molecular flexibility index (Phi) is 5.70. The van der Waals surface area contributed by atoms with Gasteiger partial charge in [0.1, 0.15) is 5.82 Å². The number of hydrogen-bond donors (Lipinski definition) is 2. The van der Waals surface area contributed by atoms with Gasteiger partial charge < -0.3 is 15.4 Å². The Balaban J connectivity index is 1.72. The van der Waals surface area contributed by atoms with E-state index in [0.29, 0.717) is 5.11 Å². The number of halogens is 1. The molecule has 0 aliphatic carbocycles. The Morgan fingerprint density at radius 3 is 2.85 bits per heavy atom. The molecule has 20 heavy (non-hydrogen) atoms. The van der Waals surface area contributed by atoms with Crippen LogP contribution in [-0.4, -0.2) is 49.4 Å². The van der Waals surface area contributed by atoms with Crippen LogP contribution in [0.2, 0.25) is 0 Å². The van der Waals surface area contributed by atoms with Crippen molar-refractivity contribution in [1.29, 1.82) is 0 Å². The highest BCUT2D eigenvalue weighted by Gasteiger charge is 2.09. The van der Waals surface area contributed by atoms with Gasteiger partial charge >= 0.3 is 0 Å². The van der Waals surface area contributed by atoms with Gasteiger partial charge in [-0.3, -0.25) is 4.90 Å². The normalized spacial score (nSPS) is 15.9. The van der Waals surface area contributed by atoms with E-state index in [0.717, 1.165) is 50.6 Å². The van der Waals surface area contributed by atoms with Gasteiger partial charge in [0, 0.05) is 31.9 Å². The maximum Gasteiger partial charge on any atom is 0.170 e. The van der Waals surface area contributed by atoms with E-state index in [2.05, 4.69) is 15.5 Å². The highest BCUT2D eigenvalue weighted by molar-refractivity contribution is 7.80. The third kappa shape index (κ3) is 4.70. The molecule has 4 nitrogen and oxygen atoms in total. The second-order valence-electron chi connectivity index (χ2n) is 4.79. The van der Waals surface area contributed by atoms with Gasteiger partial charge in [0.25, 0.3) is 0 Å². The molecule has 1 aliphatic heterocycles. The van der Waals surface area contributed by atoms with Crippen LogP contribution in [0.4, 0.5) is 10.1 Å². The summed E-state index contributed by atoms with van der Waals surface area (Å²) in [5, 5.41) is 6.81. The van der Waals surface area contributed by atoms with Crippen molar-refractivity contribution in [3.8, 4) is 0 Å². The summed E-state index contributed by atoms with van der Waals surface area (Å²) in [5.41, 5.74) is 1.66. The SMILES string of the molecule is Cc1cc(F)ccc1NC(=S)NCCN1CCOCC1. The molecule has 1 saturated heterocycles. The fraction of sp³-hybridized carbons (Fsp3) is 0.500. The molecule has 0 radical (unpaired) electrons. The molecule has 6 heteroatoms. The van der Waals surface area contributed by atoms with Gasteiger partial charge in [-0.15, -0.1) is 0 Å². The number of benzene rings is 1. The first kappa shape index (κ1) is 15.2. The van der Waals surface area contributed by atoms with E-state index in [4.69, 9.17) is 17.0 Å². The van der Waals surface area contributed by atoms with E-state index in [1.165, 1.54) is 12.1 Å². The van der Waals surface area contributed by atoms with Crippen LogP contribution in [-0.2, 0) is 4.74 Å². The summed E-state index contributed by atoms with van der Waals surface area (Å²) in [7, 11) is 0. The van der Waals surface area contributed by atoms with Crippen LogP contribution < -0.4 is 10.6 Å². The quantitative estimate of drug-likeness (QED) is 0.828. The average Bonchev–Trinajstić information content (AvgIpc) is 2.43. The zero-order valence-electron chi connectivity index (χ0n) is 11.6. The van der Waals surface area contributed by atoms with E-state index >= 15 is 0 Å². The van der Waals surface area contributed by atoms with Crippen molar-refractivity contribution < 1.29 is 9.13 Å². The Morgan fingerprint density at radius 1 is 1.40 bits per heavy atom. The molecule has 1 aromatic carbocycles. The fourth-order valence-electron chi connectivity index (χ4n) is 2.09. The molecule has 0 bridgehead atoms. The Bertz CT molecular complexity index is 464. The Labute approximate surface area is 124 Å². The number of thiocarbonyl (C=S) groups is 1. The second-order valence-corrected chi connectivity index (χ2v) is 5.20. The Morgan fingerprint density at radius 2 is 2.15 bits per heavy atom. The maximum atomic E-state index is 13.0. The monoisotopic (exact) mass is 297 g/mol. The van der Waals surface area contributed by atoms with Gasteiger partial charge in [0.05, 0.1) is 13.2 Å². The molecular weight excluding hydrogens is 277 g/mol. The van der Waals surface area contributed by atoms with Crippen LogP contribution in [0.15, 0.2) is 18.2 Å². The molecule has 1 aliphatic rings. The van der Waals surface area contributed by atoms with Crippen LogP contribution in [0, 0.1) is 12.7 Å². The minimum Gasteiger partial charge on any atom is -0.379 e. The van der Waals surface area contributed by atoms with Gasteiger partial charge in [-0.1, -0.05) is 0 Å². The van der Waals surface area contributed by atoms with Crippen molar-refractivity contribution in [2.45, 2.75) is 6.92 Å². The number of aryl methyl sites for hydroxylation is 1. The largest absolute Gasteiger partial charge is 0.379 e. The van der Waals surface area contributed by atoms with Crippen molar-refractivity contribution in [1.82, 2.24) is 10.2 Å². The molecule has 0 saturated carbocycles. The lowest BCUT2D eigenvalue weighted by Gasteiger charge is -2.26. The van der Waals surface area contributed by atoms with Crippen molar-refractivity contribution in [2.24, 2.45) is 0 Å². The van der Waals surface area contributed by atoms with Gasteiger partial charge in [-0.2, -0.15) is 0 Å². The summed E-state index contributed by atoms with van der Waals surface area (Å²) >= 11 is 5.24. The molecule has 1 aromatic rings. The summed E-state index contributed by atoms with van der Waals surface area (Å²) in [6, 6.07) is 4.60. The molecule has 0 amide bonds. The van der Waals surface area contributed by atoms with Crippen molar-refractivity contribution in [3.63, 3.8) is 0 Å². The first-order valence-electron chi connectivity index (χ1n) is 6.76. The molecule has 0 aromatic heterocycles. The van der Waals surface area contributed by atoms with E-state index in [1.54, 1.807) is 6.07 Å². The van der Waals surface area contributed by atoms with Gasteiger partial charge in [0.2, 0.25) is 0 Å². The van der Waals surface area contributed by atoms with Gasteiger partial charge in [-0.25, -0.2) is 4.39 Å². The van der Waals surface area contributed by atoms with Crippen LogP contribution >= 0.6 is 12.2 Å². The van der Waals surface area contributed by atoms with E-state index in [1.807, 2.05) is 6.92 Å². The van der Waals surface area contributed by atoms with Gasteiger partial charge in [0.15, 0.2) is 5.11 Å². The molecule has 0 spiro atoms. The standard InChI is InChI=1S/C14H20FN3OS/c1-11-10-12(15)2-3-13(11)17-14(20)16-4-5-18-6-8-19-9-7-18/h2-3,10H,4-9H2,1H3,(H2,16,17,20). The van der Waals surface area contributed by atoms with Gasteiger partial charge in [-0.05, 0) is 42.9 Å². The Hall–Kier alpha value is -1.24. The first-order valence-corrected chi connectivity index (χ1v) is 7.17. The average molecular weight is 297 g/mol. The zero-order valence-corrected chi connectivity index (χ0v) is 12.4. The number of morpholine rings is 1. The van der Waals surface area contributed by atoms with Crippen LogP contribution in [0.25, 0.3) is 0 Å². The number of rotatable bonds is 4. The summed E-state index contributed by atoms with van der Waals surface area (Å²) in [6.45, 7) is 7.12. The van der Waals surface area contributed by atoms with Crippen molar-refractivity contribution in [2.75, 3.05) is 44.7 Å². The van der Waals surface area contributed by atoms with Crippen molar-refractivity contribution in [3.05, 3.63) is 29.6 Å². The summed E-state index contributed by atoms with van der Waals surface area (Å²) in [6.07, 6.45) is 0. The topological polar surface area (TPSA) is 36.5 Å². The highest BCUT2D eigenvalue weighted by Crippen LogP contribution is 2.15. The number of nitrogens with one attached hydrogen (secondary N) is 2. The van der Waals surface area contributed by atoms with E-state index in [-0.39, 0.29) is 5.82 Å². The van der Waals surface area contributed by atoms with Crippen molar-refractivity contribution >= 4 is 23.0 Å². The lowest BCUT2D eigenvalue weighted by molar-refractivity contribution is 0.0389. The number of nitrogens with zero attached hydrogens (tertiary/aromatic N) is 1. The molecule has 1 fully saturated rings. The predicted molar refractivity (Wildman–Crippen MR) is 82.6 cm³/mol. The lowest BCUT2D eigenvalue weighted by Crippen LogP contribution is -2.42. The van der Waals surface area contributed by atoms with E-state index < -0.39 is 0 Å². The molecule has 2 N–H and O–H groups in total. The van der Waals surface area contributed by atoms with E-state index in [9.17, 15) is 4.39 Å². The minimum atomic E-state index is -0.237. The molecule has 1 heterocycles. The number of ether oxygens (including phenoxy) is 1. The summed E-state index contributed by atoms with van der Waals surface area (Å²) in [5.74, 6) is -0.237. The smallest absolute Gasteiger partial charge is 0.170 e. The molecular formula is C14H20FN3OS. The predicted octanol–water partition coefficient (Wildman–Crippen LogP) is 1.75. The summed E-state index contributed by atoms with van der Waals surface area (Å²) in [4.78, 5) is 2.34.